The first-order valence-corrected chi connectivity index (χ1v) is 5.45. The Morgan fingerprint density at radius 3 is 2.68 bits per heavy atom. The lowest BCUT2D eigenvalue weighted by Gasteiger charge is -2.06. The van der Waals surface area contributed by atoms with Crippen LogP contribution in [0.25, 0.3) is 0 Å². The van der Waals surface area contributed by atoms with Gasteiger partial charge in [-0.15, -0.1) is 0 Å². The highest BCUT2D eigenvalue weighted by molar-refractivity contribution is 6.30. The van der Waals surface area contributed by atoms with Crippen molar-refractivity contribution >= 4 is 29.5 Å². The van der Waals surface area contributed by atoms with Gasteiger partial charge < -0.3 is 10.1 Å². The van der Waals surface area contributed by atoms with Crippen LogP contribution in [-0.4, -0.2) is 31.6 Å². The first-order chi connectivity index (χ1) is 8.93. The van der Waals surface area contributed by atoms with E-state index in [2.05, 4.69) is 10.1 Å². The Labute approximate surface area is 112 Å². The molecule has 0 atom stereocenters. The second-order valence-corrected chi connectivity index (χ2v) is 3.76. The minimum absolute atomic E-state index is 0.156. The lowest BCUT2D eigenvalue weighted by Crippen LogP contribution is -2.39. The standard InChI is InChI=1S/C11H10ClFN2O4/c1-14-11(18)15-9(16)5-19-10(17)7-4-6(12)2-3-8(7)13/h2-4H,5H2,1H3,(H2,14,15,16,18). The maximum absolute atomic E-state index is 13.3. The molecule has 0 unspecified atom stereocenters. The van der Waals surface area contributed by atoms with Gasteiger partial charge in [-0.25, -0.2) is 14.0 Å². The highest BCUT2D eigenvalue weighted by atomic mass is 35.5. The van der Waals surface area contributed by atoms with E-state index in [-0.39, 0.29) is 10.6 Å². The van der Waals surface area contributed by atoms with Crippen LogP contribution in [0.1, 0.15) is 10.4 Å². The minimum Gasteiger partial charge on any atom is -0.452 e. The molecule has 1 aromatic carbocycles. The van der Waals surface area contributed by atoms with Crippen LogP contribution in [-0.2, 0) is 9.53 Å². The molecule has 8 heteroatoms. The third-order valence-corrected chi connectivity index (χ3v) is 2.20. The van der Waals surface area contributed by atoms with Gasteiger partial charge in [0.15, 0.2) is 6.61 Å². The Balaban J connectivity index is 2.58. The molecule has 0 fully saturated rings. The monoisotopic (exact) mass is 288 g/mol. The van der Waals surface area contributed by atoms with Crippen molar-refractivity contribution in [2.75, 3.05) is 13.7 Å². The number of hydrogen-bond donors (Lipinski definition) is 2. The summed E-state index contributed by atoms with van der Waals surface area (Å²) in [6.45, 7) is -0.710. The second kappa shape index (κ2) is 6.69. The Morgan fingerprint density at radius 2 is 2.05 bits per heavy atom. The SMILES string of the molecule is CNC(=O)NC(=O)COC(=O)c1cc(Cl)ccc1F. The lowest BCUT2D eigenvalue weighted by molar-refractivity contribution is -0.123. The van der Waals surface area contributed by atoms with Crippen molar-refractivity contribution in [3.8, 4) is 0 Å². The third kappa shape index (κ3) is 4.55. The molecular formula is C11H10ClFN2O4. The van der Waals surface area contributed by atoms with Crippen molar-refractivity contribution < 1.29 is 23.5 Å². The van der Waals surface area contributed by atoms with Crippen LogP contribution in [0, 0.1) is 5.82 Å². The van der Waals surface area contributed by atoms with E-state index >= 15 is 0 Å². The number of imide groups is 1. The van der Waals surface area contributed by atoms with Gasteiger partial charge in [-0.2, -0.15) is 0 Å². The number of benzene rings is 1. The summed E-state index contributed by atoms with van der Waals surface area (Å²) in [7, 11) is 1.32. The molecule has 0 aliphatic carbocycles. The maximum atomic E-state index is 13.3. The second-order valence-electron chi connectivity index (χ2n) is 3.33. The van der Waals surface area contributed by atoms with Gasteiger partial charge in [0.1, 0.15) is 5.82 Å². The predicted molar refractivity (Wildman–Crippen MR) is 64.3 cm³/mol. The van der Waals surface area contributed by atoms with Crippen molar-refractivity contribution in [1.82, 2.24) is 10.6 Å². The van der Waals surface area contributed by atoms with Crippen molar-refractivity contribution in [3.05, 3.63) is 34.6 Å². The number of amides is 3. The van der Waals surface area contributed by atoms with Gasteiger partial charge in [-0.3, -0.25) is 10.1 Å². The number of esters is 1. The van der Waals surface area contributed by atoms with Gasteiger partial charge in [-0.1, -0.05) is 11.6 Å². The maximum Gasteiger partial charge on any atom is 0.341 e. The number of halogens is 2. The smallest absolute Gasteiger partial charge is 0.341 e. The highest BCUT2D eigenvalue weighted by Crippen LogP contribution is 2.15. The molecule has 0 bridgehead atoms. The molecule has 0 saturated heterocycles. The van der Waals surface area contributed by atoms with Crippen molar-refractivity contribution in [2.45, 2.75) is 0 Å². The minimum atomic E-state index is -1.05. The largest absolute Gasteiger partial charge is 0.452 e. The quantitative estimate of drug-likeness (QED) is 0.816. The average molecular weight is 289 g/mol. The molecule has 3 amide bonds. The van der Waals surface area contributed by atoms with Crippen LogP contribution in [0.15, 0.2) is 18.2 Å². The molecule has 0 saturated carbocycles. The number of nitrogens with one attached hydrogen (secondary N) is 2. The molecule has 1 rings (SSSR count). The first kappa shape index (κ1) is 14.9. The van der Waals surface area contributed by atoms with E-state index in [0.717, 1.165) is 12.1 Å². The van der Waals surface area contributed by atoms with E-state index in [1.54, 1.807) is 0 Å². The highest BCUT2D eigenvalue weighted by Gasteiger charge is 2.16. The molecular weight excluding hydrogens is 279 g/mol. The van der Waals surface area contributed by atoms with E-state index in [0.29, 0.717) is 0 Å². The van der Waals surface area contributed by atoms with Gasteiger partial charge in [0.25, 0.3) is 5.91 Å². The number of ether oxygens (including phenoxy) is 1. The topological polar surface area (TPSA) is 84.5 Å². The van der Waals surface area contributed by atoms with Crippen molar-refractivity contribution in [1.29, 1.82) is 0 Å². The Hall–Kier alpha value is -2.15. The molecule has 6 nitrogen and oxygen atoms in total. The van der Waals surface area contributed by atoms with Crippen molar-refractivity contribution in [3.63, 3.8) is 0 Å². The summed E-state index contributed by atoms with van der Waals surface area (Å²) in [5.41, 5.74) is -0.389. The summed E-state index contributed by atoms with van der Waals surface area (Å²) in [5, 5.41) is 4.18. The Bertz CT molecular complexity index is 521. The van der Waals surface area contributed by atoms with Crippen LogP contribution < -0.4 is 10.6 Å². The fourth-order valence-electron chi connectivity index (χ4n) is 1.09. The van der Waals surface area contributed by atoms with E-state index in [9.17, 15) is 18.8 Å². The zero-order valence-electron chi connectivity index (χ0n) is 9.83. The fraction of sp³-hybridized carbons (Fsp3) is 0.182. The summed E-state index contributed by atoms with van der Waals surface area (Å²) >= 11 is 5.60. The first-order valence-electron chi connectivity index (χ1n) is 5.07. The Kier molecular flexibility index (Phi) is 5.25. The van der Waals surface area contributed by atoms with Crippen molar-refractivity contribution in [2.24, 2.45) is 0 Å². The molecule has 0 aromatic heterocycles. The van der Waals surface area contributed by atoms with Gasteiger partial charge in [0.2, 0.25) is 0 Å². The fourth-order valence-corrected chi connectivity index (χ4v) is 1.26. The van der Waals surface area contributed by atoms with Gasteiger partial charge in [0, 0.05) is 12.1 Å². The van der Waals surface area contributed by atoms with E-state index in [1.165, 1.54) is 13.1 Å². The van der Waals surface area contributed by atoms with Crippen LogP contribution in [0.5, 0.6) is 0 Å². The number of urea groups is 1. The summed E-state index contributed by atoms with van der Waals surface area (Å²) in [5.74, 6) is -2.71. The molecule has 102 valence electrons. The summed E-state index contributed by atoms with van der Waals surface area (Å²) in [4.78, 5) is 33.4. The van der Waals surface area contributed by atoms with Gasteiger partial charge in [-0.05, 0) is 18.2 Å². The Morgan fingerprint density at radius 1 is 1.37 bits per heavy atom. The lowest BCUT2D eigenvalue weighted by atomic mass is 10.2. The van der Waals surface area contributed by atoms with Crippen LogP contribution in [0.3, 0.4) is 0 Å². The van der Waals surface area contributed by atoms with E-state index < -0.39 is 30.3 Å². The summed E-state index contributed by atoms with van der Waals surface area (Å²) in [6.07, 6.45) is 0. The average Bonchev–Trinajstić information content (AvgIpc) is 2.38. The van der Waals surface area contributed by atoms with Crippen LogP contribution in [0.4, 0.5) is 9.18 Å². The normalized spacial score (nSPS) is 9.63. The van der Waals surface area contributed by atoms with Crippen LogP contribution in [0.2, 0.25) is 5.02 Å². The van der Waals surface area contributed by atoms with E-state index in [1.807, 2.05) is 5.32 Å². The molecule has 0 aliphatic rings. The molecule has 0 aliphatic heterocycles. The van der Waals surface area contributed by atoms with Gasteiger partial charge >= 0.3 is 12.0 Å². The zero-order valence-corrected chi connectivity index (χ0v) is 10.6. The molecule has 0 heterocycles. The predicted octanol–water partition coefficient (Wildman–Crippen LogP) is 1.09. The molecule has 2 N–H and O–H groups in total. The molecule has 1 aromatic rings. The summed E-state index contributed by atoms with van der Waals surface area (Å²) < 4.78 is 17.8. The molecule has 0 radical (unpaired) electrons. The summed E-state index contributed by atoms with van der Waals surface area (Å²) in [6, 6.07) is 2.61. The molecule has 0 spiro atoms. The van der Waals surface area contributed by atoms with E-state index in [4.69, 9.17) is 11.6 Å². The zero-order chi connectivity index (χ0) is 14.4. The van der Waals surface area contributed by atoms with Gasteiger partial charge in [0.05, 0.1) is 5.56 Å². The number of rotatable bonds is 3. The number of hydrogen-bond acceptors (Lipinski definition) is 4. The molecule has 19 heavy (non-hydrogen) atoms. The van der Waals surface area contributed by atoms with Crippen LogP contribution >= 0.6 is 11.6 Å². The third-order valence-electron chi connectivity index (χ3n) is 1.96. The number of carbonyl (C=O) groups excluding carboxylic acids is 3. The number of carbonyl (C=O) groups is 3.